The molecule has 0 rings (SSSR count). The summed E-state index contributed by atoms with van der Waals surface area (Å²) in [5, 5.41) is 7.69. The number of nitriles is 1. The van der Waals surface area contributed by atoms with Gasteiger partial charge >= 0.3 is 18.9 Å². The van der Waals surface area contributed by atoms with E-state index in [1.165, 1.54) is 0 Å². The van der Waals surface area contributed by atoms with Crippen LogP contribution in [0.3, 0.4) is 0 Å². The van der Waals surface area contributed by atoms with Gasteiger partial charge in [0.25, 0.3) is 0 Å². The first-order valence-corrected chi connectivity index (χ1v) is 1.42. The molecule has 1 amide bonds. The third-order valence-electron chi connectivity index (χ3n) is 0.253. The Balaban J connectivity index is 0. The maximum atomic E-state index is 9.60. The molecule has 0 aromatic heterocycles. The standard InChI is InChI=1S/C3H4N2O.Li.H/c4-2-1-3(5)6;;/h1H2,(H2,5,6);;. The molecule has 0 aliphatic heterocycles. The molecular formula is C3H5LiN2O. The van der Waals surface area contributed by atoms with Crippen LogP contribution >= 0.6 is 0 Å². The van der Waals surface area contributed by atoms with Crippen molar-refractivity contribution in [2.75, 3.05) is 0 Å². The molecule has 0 saturated heterocycles. The molecule has 0 atom stereocenters. The first-order chi connectivity index (χ1) is 2.77. The Morgan fingerprint density at radius 1 is 1.86 bits per heavy atom. The fourth-order valence-corrected chi connectivity index (χ4v) is 0.0779. The molecule has 0 saturated carbocycles. The summed E-state index contributed by atoms with van der Waals surface area (Å²) in [6, 6.07) is 1.59. The van der Waals surface area contributed by atoms with Crippen molar-refractivity contribution in [1.29, 1.82) is 5.26 Å². The van der Waals surface area contributed by atoms with Crippen molar-refractivity contribution in [2.24, 2.45) is 5.73 Å². The van der Waals surface area contributed by atoms with Gasteiger partial charge in [-0.3, -0.25) is 4.79 Å². The Kier molecular flexibility index (Phi) is 7.74. The number of carbonyl (C=O) groups excluding carboxylic acids is 1. The number of carbonyl (C=O) groups is 1. The second kappa shape index (κ2) is 5.56. The van der Waals surface area contributed by atoms with Crippen molar-refractivity contribution in [3.8, 4) is 6.07 Å². The van der Waals surface area contributed by atoms with Crippen molar-refractivity contribution in [1.82, 2.24) is 0 Å². The fourth-order valence-electron chi connectivity index (χ4n) is 0.0779. The zero-order valence-electron chi connectivity index (χ0n) is 3.14. The molecule has 0 aromatic rings. The van der Waals surface area contributed by atoms with Gasteiger partial charge in [0.1, 0.15) is 6.42 Å². The third kappa shape index (κ3) is 10.8. The number of primary amides is 1. The minimum absolute atomic E-state index is 0. The van der Waals surface area contributed by atoms with Crippen molar-refractivity contribution in [3.05, 3.63) is 0 Å². The van der Waals surface area contributed by atoms with Gasteiger partial charge in [-0.05, 0) is 0 Å². The average Bonchev–Trinajstić information content (AvgIpc) is 1.35. The van der Waals surface area contributed by atoms with Gasteiger partial charge in [0.05, 0.1) is 6.07 Å². The number of amides is 1. The predicted octanol–water partition coefficient (Wildman–Crippen LogP) is -1.26. The molecule has 0 spiro atoms. The molecule has 0 unspecified atom stereocenters. The first-order valence-electron chi connectivity index (χ1n) is 1.42. The van der Waals surface area contributed by atoms with Gasteiger partial charge in [0, 0.05) is 0 Å². The molecule has 0 aliphatic rings. The van der Waals surface area contributed by atoms with Crippen molar-refractivity contribution >= 4 is 24.8 Å². The summed E-state index contributed by atoms with van der Waals surface area (Å²) in [5.41, 5.74) is 4.54. The normalized spacial score (nSPS) is 5.57. The molecule has 3 nitrogen and oxygen atoms in total. The van der Waals surface area contributed by atoms with E-state index in [2.05, 4.69) is 5.73 Å². The second-order valence-corrected chi connectivity index (χ2v) is 0.801. The van der Waals surface area contributed by atoms with Crippen LogP contribution in [-0.4, -0.2) is 24.8 Å². The van der Waals surface area contributed by atoms with E-state index in [1.807, 2.05) is 0 Å². The van der Waals surface area contributed by atoms with Crippen LogP contribution in [0.5, 0.6) is 0 Å². The van der Waals surface area contributed by atoms with Crippen LogP contribution in [-0.2, 0) is 4.79 Å². The van der Waals surface area contributed by atoms with Crippen molar-refractivity contribution in [3.63, 3.8) is 0 Å². The van der Waals surface area contributed by atoms with E-state index in [-0.39, 0.29) is 25.3 Å². The van der Waals surface area contributed by atoms with E-state index >= 15 is 0 Å². The van der Waals surface area contributed by atoms with E-state index in [9.17, 15) is 4.79 Å². The van der Waals surface area contributed by atoms with Crippen LogP contribution in [0.4, 0.5) is 0 Å². The van der Waals surface area contributed by atoms with Gasteiger partial charge in [-0.1, -0.05) is 0 Å². The van der Waals surface area contributed by atoms with E-state index in [4.69, 9.17) is 5.26 Å². The Morgan fingerprint density at radius 3 is 2.29 bits per heavy atom. The number of nitrogens with zero attached hydrogens (tertiary/aromatic N) is 1. The zero-order valence-corrected chi connectivity index (χ0v) is 3.14. The van der Waals surface area contributed by atoms with Gasteiger partial charge in [-0.2, -0.15) is 5.26 Å². The summed E-state index contributed by atoms with van der Waals surface area (Å²) in [6.45, 7) is 0. The number of nitrogens with two attached hydrogens (primary N) is 1. The molecule has 0 bridgehead atoms. The molecule has 0 aliphatic carbocycles. The second-order valence-electron chi connectivity index (χ2n) is 0.801. The Morgan fingerprint density at radius 2 is 2.29 bits per heavy atom. The van der Waals surface area contributed by atoms with Gasteiger partial charge in [-0.15, -0.1) is 0 Å². The third-order valence-corrected chi connectivity index (χ3v) is 0.253. The van der Waals surface area contributed by atoms with Gasteiger partial charge in [-0.25, -0.2) is 0 Å². The molecule has 0 radical (unpaired) electrons. The molecular weight excluding hydrogens is 87.0 g/mol. The van der Waals surface area contributed by atoms with Gasteiger partial charge < -0.3 is 5.73 Å². The molecule has 34 valence electrons. The maximum absolute atomic E-state index is 9.60. The van der Waals surface area contributed by atoms with E-state index in [1.54, 1.807) is 6.07 Å². The number of hydrogen-bond acceptors (Lipinski definition) is 2. The summed E-state index contributed by atoms with van der Waals surface area (Å²) >= 11 is 0. The van der Waals surface area contributed by atoms with E-state index in [0.29, 0.717) is 0 Å². The fraction of sp³-hybridized carbons (Fsp3) is 0.333. The summed E-state index contributed by atoms with van der Waals surface area (Å²) in [4.78, 5) is 9.60. The average molecular weight is 92.0 g/mol. The predicted molar refractivity (Wildman–Crippen MR) is 26.6 cm³/mol. The van der Waals surface area contributed by atoms with Gasteiger partial charge in [0.2, 0.25) is 5.91 Å². The topological polar surface area (TPSA) is 66.9 Å². The quantitative estimate of drug-likeness (QED) is 0.410. The van der Waals surface area contributed by atoms with Crippen LogP contribution < -0.4 is 5.73 Å². The van der Waals surface area contributed by atoms with Crippen LogP contribution in [0, 0.1) is 11.3 Å². The van der Waals surface area contributed by atoms with Crippen LogP contribution in [0.1, 0.15) is 6.42 Å². The molecule has 0 aromatic carbocycles. The van der Waals surface area contributed by atoms with Crippen molar-refractivity contribution in [2.45, 2.75) is 6.42 Å². The molecule has 0 fully saturated rings. The van der Waals surface area contributed by atoms with E-state index in [0.717, 1.165) is 0 Å². The summed E-state index contributed by atoms with van der Waals surface area (Å²) in [5.74, 6) is -0.572. The number of rotatable bonds is 1. The SMILES string of the molecule is N#CCC(N)=O.[LiH]. The van der Waals surface area contributed by atoms with Gasteiger partial charge in [0.15, 0.2) is 0 Å². The van der Waals surface area contributed by atoms with Crippen LogP contribution in [0.2, 0.25) is 0 Å². The molecule has 4 heteroatoms. The first kappa shape index (κ1) is 9.75. The summed E-state index contributed by atoms with van der Waals surface area (Å²) in [7, 11) is 0. The Hall–Kier alpha value is -0.443. The minimum atomic E-state index is -0.572. The monoisotopic (exact) mass is 92.1 g/mol. The van der Waals surface area contributed by atoms with E-state index < -0.39 is 5.91 Å². The Labute approximate surface area is 53.7 Å². The molecule has 7 heavy (non-hydrogen) atoms. The summed E-state index contributed by atoms with van der Waals surface area (Å²) < 4.78 is 0. The zero-order chi connectivity index (χ0) is 4.99. The summed E-state index contributed by atoms with van der Waals surface area (Å²) in [6.07, 6.45) is -0.181. The van der Waals surface area contributed by atoms with Crippen molar-refractivity contribution < 1.29 is 4.79 Å². The van der Waals surface area contributed by atoms with Crippen LogP contribution in [0.25, 0.3) is 0 Å². The number of hydrogen-bond donors (Lipinski definition) is 1. The van der Waals surface area contributed by atoms with Crippen LogP contribution in [0.15, 0.2) is 0 Å². The Bertz CT molecular complexity index is 95.6. The molecule has 0 heterocycles. The molecule has 2 N–H and O–H groups in total.